The van der Waals surface area contributed by atoms with Gasteiger partial charge < -0.3 is 5.11 Å². The number of rotatable bonds is 1. The molecule has 0 aliphatic carbocycles. The van der Waals surface area contributed by atoms with Crippen LogP contribution in [0.1, 0.15) is 16.8 Å². The van der Waals surface area contributed by atoms with Crippen molar-refractivity contribution in [2.24, 2.45) is 0 Å². The normalized spacial score (nSPS) is 10.1. The van der Waals surface area contributed by atoms with Gasteiger partial charge in [-0.1, -0.05) is 0 Å². The third kappa shape index (κ3) is 1.63. The van der Waals surface area contributed by atoms with Crippen LogP contribution < -0.4 is 0 Å². The summed E-state index contributed by atoms with van der Waals surface area (Å²) in [5.41, 5.74) is 2.83. The van der Waals surface area contributed by atoms with Crippen molar-refractivity contribution in [3.05, 3.63) is 22.9 Å². The number of hydrogen-bond acceptors (Lipinski definition) is 2. The molecule has 0 aliphatic rings. The zero-order chi connectivity index (χ0) is 8.43. The van der Waals surface area contributed by atoms with Gasteiger partial charge in [0.2, 0.25) is 5.88 Å². The fraction of sp³-hybridized carbons (Fsp3) is 0.375. The van der Waals surface area contributed by atoms with Crippen molar-refractivity contribution in [1.29, 1.82) is 0 Å². The Balaban J connectivity index is 3.24. The molecule has 1 N–H and O–H groups in total. The summed E-state index contributed by atoms with van der Waals surface area (Å²) in [5, 5.41) is 9.08. The molecule has 3 heteroatoms. The molecule has 0 saturated carbocycles. The molecule has 2 nitrogen and oxygen atoms in total. The monoisotopic (exact) mass is 171 g/mol. The van der Waals surface area contributed by atoms with Gasteiger partial charge in [0, 0.05) is 17.6 Å². The number of halogens is 1. The maximum Gasteiger partial charge on any atom is 0.211 e. The third-order valence-corrected chi connectivity index (χ3v) is 2.04. The molecular weight excluding hydrogens is 162 g/mol. The van der Waals surface area contributed by atoms with Gasteiger partial charge in [0.05, 0.1) is 0 Å². The van der Waals surface area contributed by atoms with Gasteiger partial charge in [0.25, 0.3) is 0 Å². The van der Waals surface area contributed by atoms with Crippen LogP contribution in [0.4, 0.5) is 0 Å². The van der Waals surface area contributed by atoms with Gasteiger partial charge in [0.1, 0.15) is 0 Å². The van der Waals surface area contributed by atoms with E-state index in [1.165, 1.54) is 0 Å². The van der Waals surface area contributed by atoms with E-state index in [-0.39, 0.29) is 5.88 Å². The number of alkyl halides is 1. The molecule has 1 aromatic heterocycles. The molecule has 0 saturated heterocycles. The van der Waals surface area contributed by atoms with Crippen LogP contribution in [0.25, 0.3) is 0 Å². The quantitative estimate of drug-likeness (QED) is 0.657. The van der Waals surface area contributed by atoms with E-state index in [2.05, 4.69) is 4.98 Å². The number of aryl methyl sites for hydroxylation is 1. The number of nitrogens with zero attached hydrogens (tertiary/aromatic N) is 1. The predicted octanol–water partition coefficient (Wildman–Crippen LogP) is 2.14. The lowest BCUT2D eigenvalue weighted by molar-refractivity contribution is 0.451. The Kier molecular flexibility index (Phi) is 2.35. The number of hydrogen-bond donors (Lipinski definition) is 1. The lowest BCUT2D eigenvalue weighted by Crippen LogP contribution is -1.92. The molecule has 11 heavy (non-hydrogen) atoms. The summed E-state index contributed by atoms with van der Waals surface area (Å²) in [6.45, 7) is 3.80. The first kappa shape index (κ1) is 8.34. The van der Waals surface area contributed by atoms with Gasteiger partial charge in [-0.2, -0.15) is 0 Å². The third-order valence-electron chi connectivity index (χ3n) is 1.75. The molecule has 0 amide bonds. The van der Waals surface area contributed by atoms with Crippen LogP contribution in [-0.2, 0) is 5.88 Å². The van der Waals surface area contributed by atoms with Crippen LogP contribution in [0.2, 0.25) is 0 Å². The molecule has 0 bridgehead atoms. The molecule has 0 aromatic carbocycles. The minimum atomic E-state index is 0.0451. The van der Waals surface area contributed by atoms with E-state index in [1.54, 1.807) is 6.07 Å². The fourth-order valence-electron chi connectivity index (χ4n) is 0.923. The zero-order valence-electron chi connectivity index (χ0n) is 6.56. The van der Waals surface area contributed by atoms with Gasteiger partial charge in [-0.25, -0.2) is 4.98 Å². The smallest absolute Gasteiger partial charge is 0.211 e. The maximum atomic E-state index is 9.08. The Bertz CT molecular complexity index is 273. The summed E-state index contributed by atoms with van der Waals surface area (Å²) in [4.78, 5) is 3.88. The van der Waals surface area contributed by atoms with Crippen LogP contribution in [0.5, 0.6) is 5.88 Å². The Morgan fingerprint density at radius 3 is 2.73 bits per heavy atom. The van der Waals surface area contributed by atoms with Gasteiger partial charge in [-0.05, 0) is 25.0 Å². The van der Waals surface area contributed by atoms with Crippen molar-refractivity contribution in [2.45, 2.75) is 19.7 Å². The van der Waals surface area contributed by atoms with Gasteiger partial charge in [-0.3, -0.25) is 0 Å². The second-order valence-electron chi connectivity index (χ2n) is 2.48. The predicted molar refractivity (Wildman–Crippen MR) is 44.9 cm³/mol. The van der Waals surface area contributed by atoms with E-state index < -0.39 is 0 Å². The standard InChI is InChI=1S/C8H10ClNO/c1-5-6(2)10-8(11)3-7(5)4-9/h3H,4H2,1-2H3,(H,10,11). The summed E-state index contributed by atoms with van der Waals surface area (Å²) in [5.74, 6) is 0.465. The summed E-state index contributed by atoms with van der Waals surface area (Å²) in [6, 6.07) is 1.59. The molecule has 0 atom stereocenters. The van der Waals surface area contributed by atoms with E-state index in [4.69, 9.17) is 16.7 Å². The van der Waals surface area contributed by atoms with Crippen LogP contribution in [0, 0.1) is 13.8 Å². The van der Waals surface area contributed by atoms with E-state index >= 15 is 0 Å². The first-order chi connectivity index (χ1) is 5.15. The molecule has 1 rings (SSSR count). The molecule has 1 aromatic rings. The SMILES string of the molecule is Cc1nc(O)cc(CCl)c1C. The Labute approximate surface area is 70.8 Å². The molecule has 0 unspecified atom stereocenters. The van der Waals surface area contributed by atoms with Crippen molar-refractivity contribution in [3.8, 4) is 5.88 Å². The average molecular weight is 172 g/mol. The highest BCUT2D eigenvalue weighted by molar-refractivity contribution is 6.17. The number of aromatic nitrogens is 1. The van der Waals surface area contributed by atoms with Gasteiger partial charge in [0.15, 0.2) is 0 Å². The first-order valence-electron chi connectivity index (χ1n) is 3.37. The van der Waals surface area contributed by atoms with Crippen molar-refractivity contribution in [1.82, 2.24) is 4.98 Å². The summed E-state index contributed by atoms with van der Waals surface area (Å²) < 4.78 is 0. The lowest BCUT2D eigenvalue weighted by Gasteiger charge is -2.04. The molecule has 0 radical (unpaired) electrons. The molecule has 0 fully saturated rings. The molecule has 0 spiro atoms. The van der Waals surface area contributed by atoms with Crippen molar-refractivity contribution < 1.29 is 5.11 Å². The first-order valence-corrected chi connectivity index (χ1v) is 3.90. The van der Waals surface area contributed by atoms with E-state index in [9.17, 15) is 0 Å². The van der Waals surface area contributed by atoms with Gasteiger partial charge in [-0.15, -0.1) is 11.6 Å². The highest BCUT2D eigenvalue weighted by atomic mass is 35.5. The largest absolute Gasteiger partial charge is 0.493 e. The fourth-order valence-corrected chi connectivity index (χ4v) is 1.20. The van der Waals surface area contributed by atoms with Crippen LogP contribution >= 0.6 is 11.6 Å². The molecule has 0 aliphatic heterocycles. The second-order valence-corrected chi connectivity index (χ2v) is 2.75. The zero-order valence-corrected chi connectivity index (χ0v) is 7.31. The minimum Gasteiger partial charge on any atom is -0.493 e. The molecular formula is C8H10ClNO. The topological polar surface area (TPSA) is 33.1 Å². The second kappa shape index (κ2) is 3.09. The maximum absolute atomic E-state index is 9.08. The Morgan fingerprint density at radius 1 is 1.55 bits per heavy atom. The van der Waals surface area contributed by atoms with E-state index in [0.29, 0.717) is 5.88 Å². The van der Waals surface area contributed by atoms with Gasteiger partial charge >= 0.3 is 0 Å². The van der Waals surface area contributed by atoms with E-state index in [0.717, 1.165) is 16.8 Å². The van der Waals surface area contributed by atoms with Crippen molar-refractivity contribution in [3.63, 3.8) is 0 Å². The van der Waals surface area contributed by atoms with Crippen LogP contribution in [-0.4, -0.2) is 10.1 Å². The molecule has 1 heterocycles. The molecule has 60 valence electrons. The number of pyridine rings is 1. The van der Waals surface area contributed by atoms with E-state index in [1.807, 2.05) is 13.8 Å². The summed E-state index contributed by atoms with van der Waals surface area (Å²) in [7, 11) is 0. The average Bonchev–Trinajstić information content (AvgIpc) is 1.96. The Hall–Kier alpha value is -0.760. The van der Waals surface area contributed by atoms with Crippen LogP contribution in [0.3, 0.4) is 0 Å². The highest BCUT2D eigenvalue weighted by Gasteiger charge is 2.03. The van der Waals surface area contributed by atoms with Crippen LogP contribution in [0.15, 0.2) is 6.07 Å². The minimum absolute atomic E-state index is 0.0451. The van der Waals surface area contributed by atoms with Crippen molar-refractivity contribution >= 4 is 11.6 Å². The lowest BCUT2D eigenvalue weighted by atomic mass is 10.1. The summed E-state index contributed by atoms with van der Waals surface area (Å²) >= 11 is 5.64. The summed E-state index contributed by atoms with van der Waals surface area (Å²) in [6.07, 6.45) is 0. The highest BCUT2D eigenvalue weighted by Crippen LogP contribution is 2.17. The van der Waals surface area contributed by atoms with Crippen molar-refractivity contribution in [2.75, 3.05) is 0 Å². The Morgan fingerprint density at radius 2 is 2.18 bits per heavy atom. The number of aromatic hydroxyl groups is 1.